The highest BCUT2D eigenvalue weighted by Crippen LogP contribution is 2.31. The average molecular weight is 354 g/mol. The number of rotatable bonds is 5. The van der Waals surface area contributed by atoms with Crippen LogP contribution in [0.15, 0.2) is 48.5 Å². The summed E-state index contributed by atoms with van der Waals surface area (Å²) in [5.41, 5.74) is 1.29. The first-order chi connectivity index (χ1) is 12.6. The van der Waals surface area contributed by atoms with Crippen molar-refractivity contribution in [1.29, 1.82) is 0 Å². The normalized spacial score (nSPS) is 12.8. The Morgan fingerprint density at radius 3 is 2.69 bits per heavy atom. The fourth-order valence-electron chi connectivity index (χ4n) is 2.71. The van der Waals surface area contributed by atoms with Gasteiger partial charge >= 0.3 is 5.97 Å². The van der Waals surface area contributed by atoms with Crippen molar-refractivity contribution in [1.82, 2.24) is 0 Å². The molecule has 7 nitrogen and oxygen atoms in total. The molecular formula is C19H18N2O5. The Balaban J connectivity index is 1.67. The number of carbonyl (C=O) groups is 3. The number of hydrogen-bond donors (Lipinski definition) is 1. The lowest BCUT2D eigenvalue weighted by atomic mass is 10.1. The van der Waals surface area contributed by atoms with Crippen LogP contribution in [0.1, 0.15) is 16.8 Å². The van der Waals surface area contributed by atoms with Crippen LogP contribution in [0.4, 0.5) is 11.4 Å². The SMILES string of the molecule is COC(=O)c1ccccc1NC(=O)CCN1C(=O)COc2ccccc21. The molecule has 0 atom stereocenters. The van der Waals surface area contributed by atoms with Gasteiger partial charge < -0.3 is 19.7 Å². The van der Waals surface area contributed by atoms with Crippen LogP contribution in [0, 0.1) is 0 Å². The summed E-state index contributed by atoms with van der Waals surface area (Å²) in [4.78, 5) is 37.7. The van der Waals surface area contributed by atoms with E-state index in [1.165, 1.54) is 12.0 Å². The molecule has 1 heterocycles. The minimum absolute atomic E-state index is 0.0518. The highest BCUT2D eigenvalue weighted by atomic mass is 16.5. The molecule has 2 aromatic carbocycles. The van der Waals surface area contributed by atoms with Crippen molar-refractivity contribution in [2.24, 2.45) is 0 Å². The molecular weight excluding hydrogens is 336 g/mol. The van der Waals surface area contributed by atoms with E-state index in [4.69, 9.17) is 9.47 Å². The van der Waals surface area contributed by atoms with Gasteiger partial charge in [-0.2, -0.15) is 0 Å². The molecule has 1 aliphatic heterocycles. The molecule has 0 radical (unpaired) electrons. The Kier molecular flexibility index (Phi) is 5.17. The first-order valence-corrected chi connectivity index (χ1v) is 8.09. The zero-order chi connectivity index (χ0) is 18.5. The molecule has 0 spiro atoms. The van der Waals surface area contributed by atoms with Crippen LogP contribution in [0.25, 0.3) is 0 Å². The van der Waals surface area contributed by atoms with E-state index in [9.17, 15) is 14.4 Å². The molecule has 3 rings (SSSR count). The smallest absolute Gasteiger partial charge is 0.339 e. The second-order valence-electron chi connectivity index (χ2n) is 5.64. The molecule has 1 aliphatic rings. The summed E-state index contributed by atoms with van der Waals surface area (Å²) in [6, 6.07) is 13.8. The number of nitrogens with zero attached hydrogens (tertiary/aromatic N) is 1. The highest BCUT2D eigenvalue weighted by molar-refractivity contribution is 6.02. The van der Waals surface area contributed by atoms with Crippen LogP contribution >= 0.6 is 0 Å². The van der Waals surface area contributed by atoms with Gasteiger partial charge in [-0.15, -0.1) is 0 Å². The van der Waals surface area contributed by atoms with Crippen molar-refractivity contribution in [3.8, 4) is 5.75 Å². The van der Waals surface area contributed by atoms with E-state index in [-0.39, 0.29) is 37.0 Å². The first-order valence-electron chi connectivity index (χ1n) is 8.09. The molecule has 134 valence electrons. The number of fused-ring (bicyclic) bond motifs is 1. The average Bonchev–Trinajstić information content (AvgIpc) is 2.67. The fourth-order valence-corrected chi connectivity index (χ4v) is 2.71. The lowest BCUT2D eigenvalue weighted by Crippen LogP contribution is -2.40. The summed E-state index contributed by atoms with van der Waals surface area (Å²) in [6.07, 6.45) is 0.0789. The number of methoxy groups -OCH3 is 1. The summed E-state index contributed by atoms with van der Waals surface area (Å²) in [6.45, 7) is 0.162. The Morgan fingerprint density at radius 1 is 1.15 bits per heavy atom. The van der Waals surface area contributed by atoms with Gasteiger partial charge in [0, 0.05) is 13.0 Å². The monoisotopic (exact) mass is 354 g/mol. The Labute approximate surface area is 150 Å². The number of para-hydroxylation sites is 3. The summed E-state index contributed by atoms with van der Waals surface area (Å²) in [7, 11) is 1.28. The lowest BCUT2D eigenvalue weighted by molar-refractivity contribution is -0.121. The van der Waals surface area contributed by atoms with Gasteiger partial charge in [0.2, 0.25) is 5.91 Å². The summed E-state index contributed by atoms with van der Waals surface area (Å²) < 4.78 is 10.1. The number of benzene rings is 2. The maximum Gasteiger partial charge on any atom is 0.339 e. The predicted octanol–water partition coefficient (Wildman–Crippen LogP) is 2.23. The molecule has 0 saturated heterocycles. The topological polar surface area (TPSA) is 84.9 Å². The Bertz CT molecular complexity index is 849. The van der Waals surface area contributed by atoms with Crippen LogP contribution in [-0.2, 0) is 14.3 Å². The van der Waals surface area contributed by atoms with Crippen molar-refractivity contribution < 1.29 is 23.9 Å². The largest absolute Gasteiger partial charge is 0.482 e. The summed E-state index contributed by atoms with van der Waals surface area (Å²) in [5, 5.41) is 2.70. The van der Waals surface area contributed by atoms with Gasteiger partial charge in [0.1, 0.15) is 5.75 Å². The predicted molar refractivity (Wildman–Crippen MR) is 95.3 cm³/mol. The zero-order valence-electron chi connectivity index (χ0n) is 14.2. The summed E-state index contributed by atoms with van der Waals surface area (Å²) in [5.74, 6) is -0.425. The van der Waals surface area contributed by atoms with E-state index in [0.717, 1.165) is 0 Å². The van der Waals surface area contributed by atoms with E-state index in [1.54, 1.807) is 42.5 Å². The van der Waals surface area contributed by atoms with Crippen molar-refractivity contribution >= 4 is 29.2 Å². The van der Waals surface area contributed by atoms with E-state index < -0.39 is 5.97 Å². The Hall–Kier alpha value is -3.35. The quantitative estimate of drug-likeness (QED) is 0.833. The molecule has 0 fully saturated rings. The van der Waals surface area contributed by atoms with E-state index in [0.29, 0.717) is 17.1 Å². The number of amides is 2. The first kappa shape index (κ1) is 17.5. The van der Waals surface area contributed by atoms with Crippen molar-refractivity contribution in [3.05, 3.63) is 54.1 Å². The van der Waals surface area contributed by atoms with Crippen LogP contribution in [0.3, 0.4) is 0 Å². The third kappa shape index (κ3) is 3.66. The molecule has 0 unspecified atom stereocenters. The van der Waals surface area contributed by atoms with Gasteiger partial charge in [-0.25, -0.2) is 4.79 Å². The molecule has 2 amide bonds. The third-order valence-electron chi connectivity index (χ3n) is 3.98. The van der Waals surface area contributed by atoms with Gasteiger partial charge in [-0.3, -0.25) is 9.59 Å². The second kappa shape index (κ2) is 7.69. The van der Waals surface area contributed by atoms with Crippen LogP contribution < -0.4 is 15.0 Å². The molecule has 0 saturated carbocycles. The van der Waals surface area contributed by atoms with Crippen molar-refractivity contribution in [2.75, 3.05) is 30.5 Å². The van der Waals surface area contributed by atoms with E-state index in [1.807, 2.05) is 6.07 Å². The minimum atomic E-state index is -0.529. The second-order valence-corrected chi connectivity index (χ2v) is 5.64. The molecule has 1 N–H and O–H groups in total. The van der Waals surface area contributed by atoms with Gasteiger partial charge in [0.15, 0.2) is 6.61 Å². The molecule has 7 heteroatoms. The fraction of sp³-hybridized carbons (Fsp3) is 0.211. The molecule has 26 heavy (non-hydrogen) atoms. The number of esters is 1. The van der Waals surface area contributed by atoms with Crippen molar-refractivity contribution in [3.63, 3.8) is 0 Å². The van der Waals surface area contributed by atoms with Gasteiger partial charge in [0.05, 0.1) is 24.0 Å². The lowest BCUT2D eigenvalue weighted by Gasteiger charge is -2.29. The number of nitrogens with one attached hydrogen (secondary N) is 1. The van der Waals surface area contributed by atoms with Gasteiger partial charge in [-0.1, -0.05) is 24.3 Å². The number of hydrogen-bond acceptors (Lipinski definition) is 5. The standard InChI is InChI=1S/C19H18N2O5/c1-25-19(24)13-6-2-3-7-14(13)20-17(22)10-11-21-15-8-4-5-9-16(15)26-12-18(21)23/h2-9H,10-12H2,1H3,(H,20,22). The minimum Gasteiger partial charge on any atom is -0.482 e. The van der Waals surface area contributed by atoms with Crippen LogP contribution in [0.2, 0.25) is 0 Å². The maximum absolute atomic E-state index is 12.3. The van der Waals surface area contributed by atoms with Crippen molar-refractivity contribution in [2.45, 2.75) is 6.42 Å². The maximum atomic E-state index is 12.3. The van der Waals surface area contributed by atoms with E-state index >= 15 is 0 Å². The number of ether oxygens (including phenoxy) is 2. The van der Waals surface area contributed by atoms with Crippen LogP contribution in [0.5, 0.6) is 5.75 Å². The summed E-state index contributed by atoms with van der Waals surface area (Å²) >= 11 is 0. The molecule has 0 aliphatic carbocycles. The van der Waals surface area contributed by atoms with Gasteiger partial charge in [0.25, 0.3) is 5.91 Å². The third-order valence-corrected chi connectivity index (χ3v) is 3.98. The van der Waals surface area contributed by atoms with Gasteiger partial charge in [-0.05, 0) is 24.3 Å². The molecule has 0 aromatic heterocycles. The highest BCUT2D eigenvalue weighted by Gasteiger charge is 2.25. The zero-order valence-corrected chi connectivity index (χ0v) is 14.2. The number of anilines is 2. The number of carbonyl (C=O) groups excluding carboxylic acids is 3. The molecule has 2 aromatic rings. The van der Waals surface area contributed by atoms with Crippen LogP contribution in [-0.4, -0.2) is 38.0 Å². The van der Waals surface area contributed by atoms with E-state index in [2.05, 4.69) is 5.32 Å². The molecule has 0 bridgehead atoms. The Morgan fingerprint density at radius 2 is 1.88 bits per heavy atom.